The lowest BCUT2D eigenvalue weighted by molar-refractivity contribution is -0.136. The number of ketones is 1. The molecule has 0 bridgehead atoms. The summed E-state index contributed by atoms with van der Waals surface area (Å²) in [6.45, 7) is 2.47. The molecule has 0 spiro atoms. The number of Topliss-reactive ketones (excluding diaryl/α,β-unsaturated/α-hetero) is 1. The van der Waals surface area contributed by atoms with Gasteiger partial charge in [-0.2, -0.15) is 0 Å². The highest BCUT2D eigenvalue weighted by Crippen LogP contribution is 2.12. The van der Waals surface area contributed by atoms with Gasteiger partial charge in [0.25, 0.3) is 0 Å². The second-order valence-electron chi connectivity index (χ2n) is 4.94. The number of hydrogen-bond donors (Lipinski definition) is 2. The Labute approximate surface area is 122 Å². The average molecular weight is 290 g/mol. The van der Waals surface area contributed by atoms with Gasteiger partial charge in [-0.3, -0.25) is 14.4 Å². The molecule has 0 aromatic heterocycles. The third-order valence-electron chi connectivity index (χ3n) is 3.25. The molecule has 6 heteroatoms. The molecular weight excluding hydrogens is 272 g/mol. The molecule has 0 saturated carbocycles. The molecule has 1 aromatic rings. The number of rotatable bonds is 4. The summed E-state index contributed by atoms with van der Waals surface area (Å²) in [6.07, 6.45) is 1.86. The average Bonchev–Trinajstić information content (AvgIpc) is 2.98. The zero-order chi connectivity index (χ0) is 15.2. The normalized spacial score (nSPS) is 17.3. The molecule has 1 unspecified atom stereocenters. The maximum absolute atomic E-state index is 11.7. The summed E-state index contributed by atoms with van der Waals surface area (Å²) >= 11 is 0. The number of carbonyl (C=O) groups is 3. The van der Waals surface area contributed by atoms with Gasteiger partial charge in [-0.15, -0.1) is 0 Å². The molecule has 1 fully saturated rings. The Kier molecular flexibility index (Phi) is 5.05. The highest BCUT2D eigenvalue weighted by atomic mass is 16.5. The van der Waals surface area contributed by atoms with Crippen LogP contribution in [0.4, 0.5) is 5.69 Å². The van der Waals surface area contributed by atoms with E-state index in [-0.39, 0.29) is 11.9 Å². The van der Waals surface area contributed by atoms with Gasteiger partial charge in [0.2, 0.25) is 0 Å². The number of carbonyl (C=O) groups excluding carboxylic acids is 3. The van der Waals surface area contributed by atoms with Crippen LogP contribution in [0, 0.1) is 0 Å². The molecule has 1 heterocycles. The van der Waals surface area contributed by atoms with Crippen molar-refractivity contribution >= 4 is 23.3 Å². The van der Waals surface area contributed by atoms with E-state index in [9.17, 15) is 14.4 Å². The van der Waals surface area contributed by atoms with Gasteiger partial charge in [0.15, 0.2) is 5.78 Å². The van der Waals surface area contributed by atoms with Crippen molar-refractivity contribution in [3.63, 3.8) is 0 Å². The van der Waals surface area contributed by atoms with E-state index < -0.39 is 11.8 Å². The smallest absolute Gasteiger partial charge is 0.313 e. The SMILES string of the molecule is CC(=O)c1cccc(NC(=O)C(=O)NCC2CCCO2)c1. The Balaban J connectivity index is 1.86. The summed E-state index contributed by atoms with van der Waals surface area (Å²) in [5, 5.41) is 5.01. The van der Waals surface area contributed by atoms with Gasteiger partial charge in [-0.25, -0.2) is 0 Å². The van der Waals surface area contributed by atoms with Crippen molar-refractivity contribution < 1.29 is 19.1 Å². The first-order valence-electron chi connectivity index (χ1n) is 6.88. The number of benzene rings is 1. The Morgan fingerprint density at radius 3 is 2.76 bits per heavy atom. The number of amides is 2. The third kappa shape index (κ3) is 4.39. The third-order valence-corrected chi connectivity index (χ3v) is 3.25. The summed E-state index contributed by atoms with van der Waals surface area (Å²) < 4.78 is 5.36. The minimum absolute atomic E-state index is 0.0113. The lowest BCUT2D eigenvalue weighted by Gasteiger charge is -2.11. The predicted molar refractivity (Wildman–Crippen MR) is 77.1 cm³/mol. The number of ether oxygens (including phenoxy) is 1. The summed E-state index contributed by atoms with van der Waals surface area (Å²) in [6, 6.07) is 6.46. The number of nitrogens with one attached hydrogen (secondary N) is 2. The quantitative estimate of drug-likeness (QED) is 0.643. The maximum atomic E-state index is 11.7. The van der Waals surface area contributed by atoms with Crippen LogP contribution in [0.1, 0.15) is 30.1 Å². The van der Waals surface area contributed by atoms with Crippen LogP contribution >= 0.6 is 0 Å². The highest BCUT2D eigenvalue weighted by molar-refractivity contribution is 6.39. The van der Waals surface area contributed by atoms with Gasteiger partial charge >= 0.3 is 11.8 Å². The molecule has 6 nitrogen and oxygen atoms in total. The largest absolute Gasteiger partial charge is 0.376 e. The van der Waals surface area contributed by atoms with Gasteiger partial charge in [0.05, 0.1) is 6.10 Å². The van der Waals surface area contributed by atoms with Gasteiger partial charge in [-0.1, -0.05) is 12.1 Å². The number of anilines is 1. The fourth-order valence-electron chi connectivity index (χ4n) is 2.10. The Morgan fingerprint density at radius 1 is 1.29 bits per heavy atom. The van der Waals surface area contributed by atoms with Crippen LogP contribution in [-0.2, 0) is 14.3 Å². The van der Waals surface area contributed by atoms with Crippen LogP contribution in [0.25, 0.3) is 0 Å². The van der Waals surface area contributed by atoms with E-state index >= 15 is 0 Å². The van der Waals surface area contributed by atoms with Crippen molar-refractivity contribution in [3.8, 4) is 0 Å². The number of hydrogen-bond acceptors (Lipinski definition) is 4. The van der Waals surface area contributed by atoms with Crippen molar-refractivity contribution in [3.05, 3.63) is 29.8 Å². The molecule has 1 atom stereocenters. The standard InChI is InChI=1S/C15H18N2O4/c1-10(18)11-4-2-5-12(8-11)17-15(20)14(19)16-9-13-6-3-7-21-13/h2,4-5,8,13H,3,6-7,9H2,1H3,(H,16,19)(H,17,20). The first kappa shape index (κ1) is 15.2. The molecule has 1 aliphatic heterocycles. The summed E-state index contributed by atoms with van der Waals surface area (Å²) in [5.74, 6) is -1.57. The molecule has 2 N–H and O–H groups in total. The van der Waals surface area contributed by atoms with Crippen molar-refractivity contribution in [1.82, 2.24) is 5.32 Å². The Morgan fingerprint density at radius 2 is 2.10 bits per heavy atom. The molecule has 0 aliphatic carbocycles. The first-order valence-corrected chi connectivity index (χ1v) is 6.88. The molecule has 112 valence electrons. The van der Waals surface area contributed by atoms with Crippen LogP contribution < -0.4 is 10.6 Å². The molecule has 2 amide bonds. The van der Waals surface area contributed by atoms with E-state index in [1.807, 2.05) is 0 Å². The van der Waals surface area contributed by atoms with Crippen molar-refractivity contribution in [2.24, 2.45) is 0 Å². The fourth-order valence-corrected chi connectivity index (χ4v) is 2.10. The fraction of sp³-hybridized carbons (Fsp3) is 0.400. The van der Waals surface area contributed by atoms with Crippen molar-refractivity contribution in [2.75, 3.05) is 18.5 Å². The van der Waals surface area contributed by atoms with Crippen LogP contribution in [0.5, 0.6) is 0 Å². The Bertz CT molecular complexity index is 550. The molecular formula is C15H18N2O4. The highest BCUT2D eigenvalue weighted by Gasteiger charge is 2.19. The second kappa shape index (κ2) is 6.99. The van der Waals surface area contributed by atoms with Gasteiger partial charge in [0, 0.05) is 24.4 Å². The minimum Gasteiger partial charge on any atom is -0.376 e. The molecule has 0 radical (unpaired) electrons. The molecule has 2 rings (SSSR count). The van der Waals surface area contributed by atoms with E-state index in [4.69, 9.17) is 4.74 Å². The van der Waals surface area contributed by atoms with Gasteiger partial charge in [0.1, 0.15) is 0 Å². The van der Waals surface area contributed by atoms with Crippen LogP contribution in [-0.4, -0.2) is 36.9 Å². The topological polar surface area (TPSA) is 84.5 Å². The van der Waals surface area contributed by atoms with E-state index in [2.05, 4.69) is 10.6 Å². The lowest BCUT2D eigenvalue weighted by atomic mass is 10.1. The molecule has 1 aromatic carbocycles. The summed E-state index contributed by atoms with van der Waals surface area (Å²) in [5.41, 5.74) is 0.896. The lowest BCUT2D eigenvalue weighted by Crippen LogP contribution is -2.39. The van der Waals surface area contributed by atoms with E-state index in [0.29, 0.717) is 24.4 Å². The van der Waals surface area contributed by atoms with Crippen molar-refractivity contribution in [1.29, 1.82) is 0 Å². The predicted octanol–water partition coefficient (Wildman–Crippen LogP) is 1.12. The zero-order valence-electron chi connectivity index (χ0n) is 11.8. The summed E-state index contributed by atoms with van der Waals surface area (Å²) in [4.78, 5) is 34.7. The second-order valence-corrected chi connectivity index (χ2v) is 4.94. The molecule has 21 heavy (non-hydrogen) atoms. The van der Waals surface area contributed by atoms with E-state index in [1.165, 1.54) is 13.0 Å². The van der Waals surface area contributed by atoms with Crippen LogP contribution in [0.15, 0.2) is 24.3 Å². The zero-order valence-corrected chi connectivity index (χ0v) is 11.8. The van der Waals surface area contributed by atoms with Gasteiger partial charge < -0.3 is 15.4 Å². The summed E-state index contributed by atoms with van der Waals surface area (Å²) in [7, 11) is 0. The monoisotopic (exact) mass is 290 g/mol. The van der Waals surface area contributed by atoms with Gasteiger partial charge in [-0.05, 0) is 31.9 Å². The first-order chi connectivity index (χ1) is 10.1. The minimum atomic E-state index is -0.756. The Hall–Kier alpha value is -2.21. The molecule has 1 aliphatic rings. The van der Waals surface area contributed by atoms with Crippen LogP contribution in [0.2, 0.25) is 0 Å². The van der Waals surface area contributed by atoms with E-state index in [0.717, 1.165) is 12.8 Å². The van der Waals surface area contributed by atoms with Crippen molar-refractivity contribution in [2.45, 2.75) is 25.9 Å². The van der Waals surface area contributed by atoms with E-state index in [1.54, 1.807) is 18.2 Å². The van der Waals surface area contributed by atoms with Crippen LogP contribution in [0.3, 0.4) is 0 Å². The maximum Gasteiger partial charge on any atom is 0.313 e. The molecule has 1 saturated heterocycles.